The smallest absolute Gasteiger partial charge is 0.177 e. The minimum absolute atomic E-state index is 0.124. The summed E-state index contributed by atoms with van der Waals surface area (Å²) in [4.78, 5) is 14.5. The Hall–Kier alpha value is -1.70. The number of aryl methyl sites for hydroxylation is 3. The summed E-state index contributed by atoms with van der Waals surface area (Å²) in [6.07, 6.45) is -0.420. The third kappa shape index (κ3) is 3.24. The summed E-state index contributed by atoms with van der Waals surface area (Å²) < 4.78 is 5.29. The quantitative estimate of drug-likeness (QED) is 0.790. The van der Waals surface area contributed by atoms with Crippen LogP contribution in [0.5, 0.6) is 0 Å². The van der Waals surface area contributed by atoms with E-state index >= 15 is 0 Å². The van der Waals surface area contributed by atoms with Crippen molar-refractivity contribution >= 4 is 5.78 Å². The second-order valence-corrected chi connectivity index (χ2v) is 5.42. The first-order valence-corrected chi connectivity index (χ1v) is 6.86. The molecule has 0 saturated carbocycles. The second kappa shape index (κ2) is 6.17. The Bertz CT molecular complexity index is 537. The van der Waals surface area contributed by atoms with Crippen molar-refractivity contribution in [2.75, 3.05) is 26.2 Å². The molecule has 20 heavy (non-hydrogen) atoms. The molecule has 0 aromatic heterocycles. The fraction of sp³-hybridized carbons (Fsp3) is 0.500. The van der Waals surface area contributed by atoms with Gasteiger partial charge in [-0.15, -0.1) is 0 Å². The van der Waals surface area contributed by atoms with Crippen molar-refractivity contribution in [2.24, 2.45) is 0 Å². The van der Waals surface area contributed by atoms with Crippen molar-refractivity contribution in [1.82, 2.24) is 4.90 Å². The monoisotopic (exact) mass is 272 g/mol. The van der Waals surface area contributed by atoms with Gasteiger partial charge in [0.15, 0.2) is 11.9 Å². The number of nitrogens with zero attached hydrogens (tertiary/aromatic N) is 2. The summed E-state index contributed by atoms with van der Waals surface area (Å²) in [7, 11) is 0. The largest absolute Gasteiger partial charge is 0.361 e. The van der Waals surface area contributed by atoms with Crippen molar-refractivity contribution in [2.45, 2.75) is 26.9 Å². The molecule has 1 fully saturated rings. The minimum Gasteiger partial charge on any atom is -0.361 e. The standard InChI is InChI=1S/C16H20N2O2/c1-11-6-12(2)16(13(3)7-11)15(19)10-18-4-5-20-14(8-17)9-18/h6-7,14H,4-5,9-10H2,1-3H3. The zero-order valence-corrected chi connectivity index (χ0v) is 12.3. The van der Waals surface area contributed by atoms with Crippen LogP contribution in [0.2, 0.25) is 0 Å². The Morgan fingerprint density at radius 1 is 1.40 bits per heavy atom. The van der Waals surface area contributed by atoms with Gasteiger partial charge in [-0.05, 0) is 31.9 Å². The lowest BCUT2D eigenvalue weighted by Gasteiger charge is -2.29. The van der Waals surface area contributed by atoms with Crippen LogP contribution in [0.4, 0.5) is 0 Å². The van der Waals surface area contributed by atoms with Crippen molar-refractivity contribution in [3.63, 3.8) is 0 Å². The first kappa shape index (κ1) is 14.7. The van der Waals surface area contributed by atoms with Gasteiger partial charge in [-0.3, -0.25) is 9.69 Å². The van der Waals surface area contributed by atoms with E-state index in [0.29, 0.717) is 26.2 Å². The van der Waals surface area contributed by atoms with Gasteiger partial charge < -0.3 is 4.74 Å². The predicted octanol–water partition coefficient (Wildman–Crippen LogP) is 2.02. The van der Waals surface area contributed by atoms with E-state index in [1.54, 1.807) is 0 Å². The topological polar surface area (TPSA) is 53.3 Å². The number of hydrogen-bond acceptors (Lipinski definition) is 4. The molecule has 1 atom stereocenters. The molecule has 0 bridgehead atoms. The Morgan fingerprint density at radius 2 is 2.05 bits per heavy atom. The van der Waals surface area contributed by atoms with Crippen LogP contribution in [0.15, 0.2) is 12.1 Å². The van der Waals surface area contributed by atoms with Crippen molar-refractivity contribution in [3.8, 4) is 6.07 Å². The molecule has 1 aliphatic heterocycles. The van der Waals surface area contributed by atoms with Crippen LogP contribution in [-0.2, 0) is 4.74 Å². The van der Waals surface area contributed by atoms with Crippen molar-refractivity contribution in [1.29, 1.82) is 5.26 Å². The number of hydrogen-bond donors (Lipinski definition) is 0. The van der Waals surface area contributed by atoms with E-state index in [4.69, 9.17) is 10.00 Å². The van der Waals surface area contributed by atoms with Crippen LogP contribution >= 0.6 is 0 Å². The molecule has 1 saturated heterocycles. The van der Waals surface area contributed by atoms with Crippen LogP contribution in [-0.4, -0.2) is 43.0 Å². The highest BCUT2D eigenvalue weighted by atomic mass is 16.5. The van der Waals surface area contributed by atoms with Gasteiger partial charge in [-0.1, -0.05) is 17.7 Å². The first-order valence-electron chi connectivity index (χ1n) is 6.86. The van der Waals surface area contributed by atoms with E-state index in [1.807, 2.05) is 37.8 Å². The van der Waals surface area contributed by atoms with Crippen LogP contribution in [0.3, 0.4) is 0 Å². The maximum atomic E-state index is 12.5. The van der Waals surface area contributed by atoms with Gasteiger partial charge in [0.1, 0.15) is 0 Å². The molecule has 0 spiro atoms. The molecule has 0 aliphatic carbocycles. The molecule has 0 amide bonds. The fourth-order valence-corrected chi connectivity index (χ4v) is 2.83. The number of ether oxygens (including phenoxy) is 1. The molecular formula is C16H20N2O2. The van der Waals surface area contributed by atoms with E-state index in [0.717, 1.165) is 16.7 Å². The van der Waals surface area contributed by atoms with Gasteiger partial charge >= 0.3 is 0 Å². The van der Waals surface area contributed by atoms with Gasteiger partial charge in [-0.2, -0.15) is 5.26 Å². The number of benzene rings is 1. The van der Waals surface area contributed by atoms with Crippen molar-refractivity contribution < 1.29 is 9.53 Å². The van der Waals surface area contributed by atoms with Crippen LogP contribution in [0.1, 0.15) is 27.0 Å². The van der Waals surface area contributed by atoms with E-state index in [2.05, 4.69) is 6.07 Å². The van der Waals surface area contributed by atoms with E-state index in [9.17, 15) is 4.79 Å². The highest BCUT2D eigenvalue weighted by molar-refractivity contribution is 6.00. The average molecular weight is 272 g/mol. The van der Waals surface area contributed by atoms with Gasteiger partial charge in [0, 0.05) is 18.7 Å². The number of carbonyl (C=O) groups is 1. The van der Waals surface area contributed by atoms with Crippen LogP contribution in [0, 0.1) is 32.1 Å². The zero-order chi connectivity index (χ0) is 14.7. The van der Waals surface area contributed by atoms with Gasteiger partial charge in [-0.25, -0.2) is 0 Å². The fourth-order valence-electron chi connectivity index (χ4n) is 2.83. The van der Waals surface area contributed by atoms with Gasteiger partial charge in [0.2, 0.25) is 0 Å². The Kier molecular flexibility index (Phi) is 4.53. The van der Waals surface area contributed by atoms with Crippen LogP contribution in [0.25, 0.3) is 0 Å². The number of morpholine rings is 1. The summed E-state index contributed by atoms with van der Waals surface area (Å²) in [6, 6.07) is 6.18. The maximum Gasteiger partial charge on any atom is 0.177 e. The summed E-state index contributed by atoms with van der Waals surface area (Å²) in [6.45, 7) is 8.06. The summed E-state index contributed by atoms with van der Waals surface area (Å²) in [5, 5.41) is 8.89. The number of carbonyl (C=O) groups excluding carboxylic acids is 1. The summed E-state index contributed by atoms with van der Waals surface area (Å²) in [5.41, 5.74) is 4.04. The van der Waals surface area contributed by atoms with Crippen LogP contribution < -0.4 is 0 Å². The molecule has 0 radical (unpaired) electrons. The van der Waals surface area contributed by atoms with E-state index in [-0.39, 0.29) is 5.78 Å². The average Bonchev–Trinajstić information content (AvgIpc) is 2.37. The number of Topliss-reactive ketones (excluding diaryl/α,β-unsaturated/α-hetero) is 1. The molecule has 1 aromatic carbocycles. The van der Waals surface area contributed by atoms with Gasteiger partial charge in [0.25, 0.3) is 0 Å². The lowest BCUT2D eigenvalue weighted by atomic mass is 9.96. The molecule has 1 heterocycles. The maximum absolute atomic E-state index is 12.5. The first-order chi connectivity index (χ1) is 9.51. The normalized spacial score (nSPS) is 19.6. The lowest BCUT2D eigenvalue weighted by Crippen LogP contribution is -2.44. The Labute approximate surface area is 120 Å². The molecular weight excluding hydrogens is 252 g/mol. The number of rotatable bonds is 3. The molecule has 4 nitrogen and oxygen atoms in total. The molecule has 106 valence electrons. The third-order valence-corrected chi connectivity index (χ3v) is 3.62. The van der Waals surface area contributed by atoms with E-state index < -0.39 is 6.10 Å². The highest BCUT2D eigenvalue weighted by Gasteiger charge is 2.23. The Morgan fingerprint density at radius 3 is 2.65 bits per heavy atom. The summed E-state index contributed by atoms with van der Waals surface area (Å²) >= 11 is 0. The predicted molar refractivity (Wildman–Crippen MR) is 76.8 cm³/mol. The molecule has 0 N–H and O–H groups in total. The number of nitriles is 1. The third-order valence-electron chi connectivity index (χ3n) is 3.62. The van der Waals surface area contributed by atoms with Gasteiger partial charge in [0.05, 0.1) is 19.2 Å². The minimum atomic E-state index is -0.420. The second-order valence-electron chi connectivity index (χ2n) is 5.42. The molecule has 2 rings (SSSR count). The molecule has 1 aliphatic rings. The Balaban J connectivity index is 2.11. The SMILES string of the molecule is Cc1cc(C)c(C(=O)CN2CCOC(C#N)C2)c(C)c1. The van der Waals surface area contributed by atoms with E-state index in [1.165, 1.54) is 5.56 Å². The molecule has 1 unspecified atom stereocenters. The summed E-state index contributed by atoms with van der Waals surface area (Å²) in [5.74, 6) is 0.124. The number of ketones is 1. The zero-order valence-electron chi connectivity index (χ0n) is 12.3. The highest BCUT2D eigenvalue weighted by Crippen LogP contribution is 2.18. The molecule has 1 aromatic rings. The lowest BCUT2D eigenvalue weighted by molar-refractivity contribution is 0.00240. The molecule has 4 heteroatoms. The van der Waals surface area contributed by atoms with Crippen molar-refractivity contribution in [3.05, 3.63) is 34.4 Å².